The minimum Gasteiger partial charge on any atom is -0.400 e. The molecule has 14 heteroatoms. The zero-order chi connectivity index (χ0) is 31.9. The molecular weight excluding hydrogens is 593 g/mol. The highest BCUT2D eigenvalue weighted by molar-refractivity contribution is 7.10. The van der Waals surface area contributed by atoms with Crippen molar-refractivity contribution in [3.63, 3.8) is 0 Å². The van der Waals surface area contributed by atoms with Gasteiger partial charge in [-0.05, 0) is 41.5 Å². The number of aliphatic hydroxyl groups excluding tert-OH is 1. The standard InChI is InChI=1S/C29H28FN5O6S.CH4O/c30-23-6-5-19(9-20(23)14-36)17-1-3-18(4-2-17)27(38)34-13-25(37)35-16-29(40-7-8-41-29)11-24(35)28(39)33-12-22-10-21(15-42-22)26(31)32;1-2/h1-6,9-10,14-15,24H,7-8,11-13,16H2,(H3,31,32)(H,33,39)(H,34,38);2H,1H3. The third kappa shape index (κ3) is 7.34. The van der Waals surface area contributed by atoms with Crippen molar-refractivity contribution < 1.29 is 38.1 Å². The summed E-state index contributed by atoms with van der Waals surface area (Å²) >= 11 is 1.36. The number of nitrogens with one attached hydrogen (secondary N) is 3. The number of nitrogens with two attached hydrogens (primary N) is 1. The summed E-state index contributed by atoms with van der Waals surface area (Å²) in [6.45, 7) is 0.586. The van der Waals surface area contributed by atoms with Gasteiger partial charge in [-0.25, -0.2) is 4.39 Å². The van der Waals surface area contributed by atoms with Gasteiger partial charge in [0.1, 0.15) is 17.7 Å². The lowest BCUT2D eigenvalue weighted by Gasteiger charge is -2.24. The number of carbonyl (C=O) groups excluding carboxylic acids is 4. The van der Waals surface area contributed by atoms with E-state index in [0.717, 1.165) is 12.0 Å². The number of nitrogen functional groups attached to an aromatic ring is 1. The molecule has 1 spiro atoms. The molecule has 1 unspecified atom stereocenters. The van der Waals surface area contributed by atoms with Crippen LogP contribution in [0.15, 0.2) is 53.9 Å². The van der Waals surface area contributed by atoms with E-state index in [1.54, 1.807) is 35.7 Å². The van der Waals surface area contributed by atoms with Gasteiger partial charge < -0.3 is 35.8 Å². The summed E-state index contributed by atoms with van der Waals surface area (Å²) in [5.74, 6) is -3.12. The van der Waals surface area contributed by atoms with Crippen LogP contribution in [0.4, 0.5) is 4.39 Å². The monoisotopic (exact) mass is 625 g/mol. The van der Waals surface area contributed by atoms with E-state index in [1.165, 1.54) is 34.4 Å². The molecule has 0 aliphatic carbocycles. The summed E-state index contributed by atoms with van der Waals surface area (Å²) in [6.07, 6.45) is 0.590. The Balaban J connectivity index is 0.00000216. The van der Waals surface area contributed by atoms with Gasteiger partial charge in [0.2, 0.25) is 11.8 Å². The van der Waals surface area contributed by atoms with E-state index in [9.17, 15) is 23.6 Å². The summed E-state index contributed by atoms with van der Waals surface area (Å²) in [7, 11) is 1.00. The van der Waals surface area contributed by atoms with Crippen LogP contribution in [0.3, 0.4) is 0 Å². The largest absolute Gasteiger partial charge is 0.400 e. The molecule has 2 saturated heterocycles. The molecule has 3 amide bonds. The van der Waals surface area contributed by atoms with Gasteiger partial charge in [0.25, 0.3) is 5.91 Å². The van der Waals surface area contributed by atoms with Gasteiger partial charge in [-0.1, -0.05) is 18.2 Å². The smallest absolute Gasteiger partial charge is 0.251 e. The van der Waals surface area contributed by atoms with E-state index in [-0.39, 0.29) is 37.5 Å². The van der Waals surface area contributed by atoms with Gasteiger partial charge in [-0.2, -0.15) is 0 Å². The zero-order valence-electron chi connectivity index (χ0n) is 23.8. The number of benzene rings is 2. The Kier molecular flexibility index (Phi) is 10.5. The SMILES string of the molecule is CO.N=C(N)c1csc(CNC(=O)C2CC3(CN2C(=O)CNC(=O)c2ccc(-c4ccc(F)c(C=O)c4)cc2)OCCO3)c1. The van der Waals surface area contributed by atoms with Gasteiger partial charge in [0.15, 0.2) is 12.1 Å². The van der Waals surface area contributed by atoms with Crippen LogP contribution in [0, 0.1) is 11.2 Å². The normalized spacial score (nSPS) is 16.6. The number of thiophene rings is 1. The molecule has 5 rings (SSSR count). The number of ether oxygens (including phenoxy) is 2. The first-order valence-corrected chi connectivity index (χ1v) is 14.4. The minimum atomic E-state index is -1.08. The fourth-order valence-corrected chi connectivity index (χ4v) is 5.76. The Morgan fingerprint density at radius 1 is 1.09 bits per heavy atom. The molecule has 12 nitrogen and oxygen atoms in total. The Bertz CT molecular complexity index is 1540. The summed E-state index contributed by atoms with van der Waals surface area (Å²) in [5.41, 5.74) is 7.60. The summed E-state index contributed by atoms with van der Waals surface area (Å²) in [6, 6.07) is 11.4. The molecule has 2 fully saturated rings. The van der Waals surface area contributed by atoms with Crippen molar-refractivity contribution in [2.45, 2.75) is 24.8 Å². The maximum absolute atomic E-state index is 13.6. The fraction of sp³-hybridized carbons (Fsp3) is 0.300. The molecule has 0 bridgehead atoms. The number of likely N-dealkylation sites (tertiary alicyclic amines) is 1. The fourth-order valence-electron chi connectivity index (χ4n) is 4.94. The van der Waals surface area contributed by atoms with Crippen LogP contribution in [0.1, 0.15) is 37.6 Å². The lowest BCUT2D eigenvalue weighted by molar-refractivity contribution is -0.152. The van der Waals surface area contributed by atoms with Crippen molar-refractivity contribution in [2.75, 3.05) is 33.4 Å². The summed E-state index contributed by atoms with van der Waals surface area (Å²) in [4.78, 5) is 52.4. The topological polar surface area (TPSA) is 184 Å². The van der Waals surface area contributed by atoms with Gasteiger partial charge in [0, 0.05) is 34.9 Å². The average Bonchev–Trinajstić information content (AvgIpc) is 3.80. The number of nitrogens with zero attached hydrogens (tertiary/aromatic N) is 1. The summed E-state index contributed by atoms with van der Waals surface area (Å²) < 4.78 is 25.2. The van der Waals surface area contributed by atoms with E-state index in [0.29, 0.717) is 41.8 Å². The molecular formula is C30H32FN5O7S. The van der Waals surface area contributed by atoms with Crippen LogP contribution >= 0.6 is 11.3 Å². The number of rotatable bonds is 9. The molecule has 44 heavy (non-hydrogen) atoms. The molecule has 6 N–H and O–H groups in total. The third-order valence-corrected chi connectivity index (χ3v) is 8.07. The Hall–Kier alpha value is -4.50. The number of hydrogen-bond donors (Lipinski definition) is 5. The molecule has 0 saturated carbocycles. The summed E-state index contributed by atoms with van der Waals surface area (Å²) in [5, 5.41) is 21.7. The van der Waals surface area contributed by atoms with Crippen LogP contribution in [0.25, 0.3) is 11.1 Å². The van der Waals surface area contributed by atoms with Gasteiger partial charge >= 0.3 is 0 Å². The predicted octanol–water partition coefficient (Wildman–Crippen LogP) is 1.65. The van der Waals surface area contributed by atoms with Crippen molar-refractivity contribution >= 4 is 41.2 Å². The van der Waals surface area contributed by atoms with Gasteiger partial charge in [0.05, 0.1) is 38.4 Å². The molecule has 1 atom stereocenters. The van der Waals surface area contributed by atoms with Crippen LogP contribution in [0.2, 0.25) is 0 Å². The average molecular weight is 626 g/mol. The van der Waals surface area contributed by atoms with E-state index in [1.807, 2.05) is 0 Å². The number of carbonyl (C=O) groups is 4. The van der Waals surface area contributed by atoms with Crippen molar-refractivity contribution in [2.24, 2.45) is 5.73 Å². The first-order chi connectivity index (χ1) is 21.2. The second-order valence-electron chi connectivity index (χ2n) is 9.90. The van der Waals surface area contributed by atoms with E-state index in [2.05, 4.69) is 10.6 Å². The van der Waals surface area contributed by atoms with Crippen LogP contribution in [-0.4, -0.2) is 85.1 Å². The molecule has 1 aromatic heterocycles. The van der Waals surface area contributed by atoms with E-state index < -0.39 is 35.4 Å². The Labute approximate surface area is 256 Å². The Morgan fingerprint density at radius 2 is 1.77 bits per heavy atom. The first-order valence-electron chi connectivity index (χ1n) is 13.5. The molecule has 2 aliphatic rings. The lowest BCUT2D eigenvalue weighted by atomic mass is 10.0. The van der Waals surface area contributed by atoms with Crippen LogP contribution in [0.5, 0.6) is 0 Å². The van der Waals surface area contributed by atoms with E-state index in [4.69, 9.17) is 25.7 Å². The van der Waals surface area contributed by atoms with Crippen LogP contribution in [-0.2, 0) is 25.6 Å². The van der Waals surface area contributed by atoms with Gasteiger partial charge in [-0.3, -0.25) is 24.6 Å². The highest BCUT2D eigenvalue weighted by Gasteiger charge is 2.52. The van der Waals surface area contributed by atoms with Crippen molar-refractivity contribution in [3.05, 3.63) is 81.3 Å². The minimum absolute atomic E-state index is 0.0441. The number of amidine groups is 1. The van der Waals surface area contributed by atoms with Crippen molar-refractivity contribution in [1.29, 1.82) is 5.41 Å². The molecule has 2 aliphatic heterocycles. The maximum Gasteiger partial charge on any atom is 0.251 e. The highest BCUT2D eigenvalue weighted by Crippen LogP contribution is 2.35. The lowest BCUT2D eigenvalue weighted by Crippen LogP contribution is -2.49. The van der Waals surface area contributed by atoms with Crippen molar-refractivity contribution in [3.8, 4) is 11.1 Å². The zero-order valence-corrected chi connectivity index (χ0v) is 24.6. The second-order valence-corrected chi connectivity index (χ2v) is 10.9. The number of hydrogen-bond acceptors (Lipinski definition) is 9. The highest BCUT2D eigenvalue weighted by atomic mass is 32.1. The molecule has 232 valence electrons. The predicted molar refractivity (Wildman–Crippen MR) is 160 cm³/mol. The number of aliphatic hydroxyl groups is 1. The Morgan fingerprint density at radius 3 is 2.41 bits per heavy atom. The second kappa shape index (κ2) is 14.3. The molecule has 0 radical (unpaired) electrons. The molecule has 2 aromatic carbocycles. The first kappa shape index (κ1) is 32.4. The molecule has 3 heterocycles. The third-order valence-electron chi connectivity index (χ3n) is 7.13. The molecule has 3 aromatic rings. The van der Waals surface area contributed by atoms with Gasteiger partial charge in [-0.15, -0.1) is 11.3 Å². The van der Waals surface area contributed by atoms with Crippen LogP contribution < -0.4 is 16.4 Å². The van der Waals surface area contributed by atoms with E-state index >= 15 is 0 Å². The van der Waals surface area contributed by atoms with Crippen molar-refractivity contribution in [1.82, 2.24) is 15.5 Å². The number of aldehydes is 1. The number of halogens is 1. The number of amides is 3. The maximum atomic E-state index is 13.6. The quantitative estimate of drug-likeness (QED) is 0.135.